The van der Waals surface area contributed by atoms with Gasteiger partial charge in [0, 0.05) is 18.2 Å². The molecule has 0 radical (unpaired) electrons. The first-order valence-corrected chi connectivity index (χ1v) is 8.35. The smallest absolute Gasteiger partial charge is 0.225 e. The van der Waals surface area contributed by atoms with Gasteiger partial charge in [-0.2, -0.15) is 0 Å². The van der Waals surface area contributed by atoms with Crippen LogP contribution in [-0.4, -0.2) is 37.3 Å². The molecule has 1 amide bonds. The first kappa shape index (κ1) is 21.5. The monoisotopic (exact) mass is 372 g/mol. The average molecular weight is 373 g/mol. The molecule has 25 heavy (non-hydrogen) atoms. The first-order chi connectivity index (χ1) is 11.4. The van der Waals surface area contributed by atoms with Crippen molar-refractivity contribution in [1.29, 1.82) is 0 Å². The van der Waals surface area contributed by atoms with Crippen molar-refractivity contribution in [2.75, 3.05) is 20.8 Å². The van der Waals surface area contributed by atoms with E-state index in [1.165, 1.54) is 0 Å². The van der Waals surface area contributed by atoms with E-state index in [4.69, 9.17) is 15.2 Å². The third-order valence-corrected chi connectivity index (χ3v) is 4.80. The minimum absolute atomic E-state index is 0. The maximum atomic E-state index is 12.4. The first-order valence-electron chi connectivity index (χ1n) is 8.35. The molecule has 3 unspecified atom stereocenters. The molecular weight excluding hydrogens is 344 g/mol. The van der Waals surface area contributed by atoms with Crippen molar-refractivity contribution in [3.8, 4) is 11.5 Å². The van der Waals surface area contributed by atoms with Gasteiger partial charge in [-0.25, -0.2) is 0 Å². The number of nitrogens with two attached hydrogens (primary N) is 1. The third-order valence-electron chi connectivity index (χ3n) is 4.80. The van der Waals surface area contributed by atoms with Gasteiger partial charge < -0.3 is 25.6 Å². The molecule has 7 heteroatoms. The number of carbonyl (C=O) groups excluding carboxylic acids is 1. The van der Waals surface area contributed by atoms with Gasteiger partial charge in [0.1, 0.15) is 11.5 Å². The molecule has 0 aromatic heterocycles. The van der Waals surface area contributed by atoms with E-state index in [9.17, 15) is 9.90 Å². The Morgan fingerprint density at radius 1 is 1.32 bits per heavy atom. The number of hydrogen-bond donors (Lipinski definition) is 3. The SMILES string of the molecule is COc1cc(OC)cc(C(O)CNC(=O)C2CCCCC2(C)N)c1.Cl. The molecular formula is C18H29ClN2O4. The maximum absolute atomic E-state index is 12.4. The molecule has 0 heterocycles. The highest BCUT2D eigenvalue weighted by atomic mass is 35.5. The molecule has 3 atom stereocenters. The second-order valence-corrected chi connectivity index (χ2v) is 6.71. The number of carbonyl (C=O) groups is 1. The van der Waals surface area contributed by atoms with Crippen LogP contribution in [0, 0.1) is 5.92 Å². The highest BCUT2D eigenvalue weighted by Crippen LogP contribution is 2.32. The van der Waals surface area contributed by atoms with Crippen molar-refractivity contribution in [2.45, 2.75) is 44.2 Å². The van der Waals surface area contributed by atoms with E-state index in [2.05, 4.69) is 5.32 Å². The van der Waals surface area contributed by atoms with Gasteiger partial charge in [0.05, 0.1) is 26.2 Å². The van der Waals surface area contributed by atoms with Crippen molar-refractivity contribution in [2.24, 2.45) is 11.7 Å². The highest BCUT2D eigenvalue weighted by molar-refractivity contribution is 5.85. The largest absolute Gasteiger partial charge is 0.497 e. The number of aliphatic hydroxyl groups excluding tert-OH is 1. The summed E-state index contributed by atoms with van der Waals surface area (Å²) in [5.74, 6) is 0.889. The molecule has 142 valence electrons. The second kappa shape index (κ2) is 9.27. The Labute approximate surface area is 155 Å². The van der Waals surface area contributed by atoms with E-state index in [-0.39, 0.29) is 30.8 Å². The topological polar surface area (TPSA) is 93.8 Å². The summed E-state index contributed by atoms with van der Waals surface area (Å²) in [5, 5.41) is 13.2. The lowest BCUT2D eigenvalue weighted by atomic mass is 9.74. The number of rotatable bonds is 6. The normalized spacial score (nSPS) is 24.0. The molecule has 1 saturated carbocycles. The van der Waals surface area contributed by atoms with Gasteiger partial charge in [-0.1, -0.05) is 12.8 Å². The van der Waals surface area contributed by atoms with Gasteiger partial charge in [0.15, 0.2) is 0 Å². The summed E-state index contributed by atoms with van der Waals surface area (Å²) in [4.78, 5) is 12.4. The Balaban J connectivity index is 0.00000312. The zero-order valence-electron chi connectivity index (χ0n) is 15.1. The molecule has 6 nitrogen and oxygen atoms in total. The van der Waals surface area contributed by atoms with E-state index in [1.807, 2.05) is 6.92 Å². The Bertz CT molecular complexity index is 558. The van der Waals surface area contributed by atoms with Crippen LogP contribution in [0.25, 0.3) is 0 Å². The molecule has 1 aliphatic carbocycles. The summed E-state index contributed by atoms with van der Waals surface area (Å²) in [6.45, 7) is 2.06. The van der Waals surface area contributed by atoms with E-state index >= 15 is 0 Å². The lowest BCUT2D eigenvalue weighted by Gasteiger charge is -2.37. The second-order valence-electron chi connectivity index (χ2n) is 6.71. The summed E-state index contributed by atoms with van der Waals surface area (Å²) in [5.41, 5.74) is 6.41. The van der Waals surface area contributed by atoms with Crippen LogP contribution in [0.2, 0.25) is 0 Å². The fourth-order valence-corrected chi connectivity index (χ4v) is 3.25. The summed E-state index contributed by atoms with van der Waals surface area (Å²) in [6, 6.07) is 5.19. The Morgan fingerprint density at radius 3 is 2.44 bits per heavy atom. The van der Waals surface area contributed by atoms with Crippen molar-refractivity contribution < 1.29 is 19.4 Å². The molecule has 4 N–H and O–H groups in total. The molecule has 1 aromatic rings. The highest BCUT2D eigenvalue weighted by Gasteiger charge is 2.37. The van der Waals surface area contributed by atoms with Gasteiger partial charge in [0.25, 0.3) is 0 Å². The van der Waals surface area contributed by atoms with Crippen LogP contribution >= 0.6 is 12.4 Å². The van der Waals surface area contributed by atoms with Crippen molar-refractivity contribution in [3.05, 3.63) is 23.8 Å². The zero-order valence-corrected chi connectivity index (χ0v) is 15.9. The molecule has 0 bridgehead atoms. The lowest BCUT2D eigenvalue weighted by Crippen LogP contribution is -2.53. The summed E-state index contributed by atoms with van der Waals surface area (Å²) in [6.07, 6.45) is 2.87. The molecule has 0 spiro atoms. The lowest BCUT2D eigenvalue weighted by molar-refractivity contribution is -0.128. The quantitative estimate of drug-likeness (QED) is 0.711. The average Bonchev–Trinajstić information content (AvgIpc) is 2.58. The van der Waals surface area contributed by atoms with E-state index < -0.39 is 11.6 Å². The van der Waals surface area contributed by atoms with Gasteiger partial charge in [-0.15, -0.1) is 12.4 Å². The number of nitrogens with one attached hydrogen (secondary N) is 1. The summed E-state index contributed by atoms with van der Waals surface area (Å²) < 4.78 is 10.4. The Morgan fingerprint density at radius 2 is 1.92 bits per heavy atom. The number of amides is 1. The number of halogens is 1. The predicted octanol–water partition coefficient (Wildman–Crippen LogP) is 2.18. The van der Waals surface area contributed by atoms with E-state index in [0.29, 0.717) is 17.1 Å². The number of hydrogen-bond acceptors (Lipinski definition) is 5. The van der Waals surface area contributed by atoms with Crippen LogP contribution in [-0.2, 0) is 4.79 Å². The van der Waals surface area contributed by atoms with Crippen LogP contribution in [0.5, 0.6) is 11.5 Å². The zero-order chi connectivity index (χ0) is 17.7. The van der Waals surface area contributed by atoms with Crippen LogP contribution in [0.1, 0.15) is 44.3 Å². The van der Waals surface area contributed by atoms with E-state index in [0.717, 1.165) is 25.7 Å². The van der Waals surface area contributed by atoms with Crippen LogP contribution in [0.3, 0.4) is 0 Å². The molecule has 2 rings (SSSR count). The van der Waals surface area contributed by atoms with Gasteiger partial charge in [-0.3, -0.25) is 4.79 Å². The molecule has 1 aromatic carbocycles. The number of methoxy groups -OCH3 is 2. The molecule has 1 aliphatic rings. The van der Waals surface area contributed by atoms with E-state index in [1.54, 1.807) is 32.4 Å². The number of benzene rings is 1. The molecule has 1 fully saturated rings. The summed E-state index contributed by atoms with van der Waals surface area (Å²) >= 11 is 0. The standard InChI is InChI=1S/C18H28N2O4.ClH/c1-18(19)7-5-4-6-15(18)17(22)20-11-16(21)12-8-13(23-2)10-14(9-12)24-3;/h8-10,15-16,21H,4-7,11,19H2,1-3H3,(H,20,22);1H. The van der Waals surface area contributed by atoms with Crippen molar-refractivity contribution in [3.63, 3.8) is 0 Å². The van der Waals surface area contributed by atoms with Crippen LogP contribution < -0.4 is 20.5 Å². The van der Waals surface area contributed by atoms with Crippen molar-refractivity contribution in [1.82, 2.24) is 5.32 Å². The summed E-state index contributed by atoms with van der Waals surface area (Å²) in [7, 11) is 3.11. The van der Waals surface area contributed by atoms with Gasteiger partial charge >= 0.3 is 0 Å². The fraction of sp³-hybridized carbons (Fsp3) is 0.611. The Hall–Kier alpha value is -1.50. The molecule has 0 saturated heterocycles. The van der Waals surface area contributed by atoms with Crippen LogP contribution in [0.15, 0.2) is 18.2 Å². The Kier molecular flexibility index (Phi) is 7.99. The molecule has 0 aliphatic heterocycles. The number of aliphatic hydroxyl groups is 1. The van der Waals surface area contributed by atoms with Crippen LogP contribution in [0.4, 0.5) is 0 Å². The minimum atomic E-state index is -0.842. The fourth-order valence-electron chi connectivity index (χ4n) is 3.25. The van der Waals surface area contributed by atoms with Crippen molar-refractivity contribution >= 4 is 18.3 Å². The maximum Gasteiger partial charge on any atom is 0.225 e. The minimum Gasteiger partial charge on any atom is -0.497 e. The van der Waals surface area contributed by atoms with Gasteiger partial charge in [-0.05, 0) is 37.5 Å². The van der Waals surface area contributed by atoms with Gasteiger partial charge in [0.2, 0.25) is 5.91 Å². The third kappa shape index (κ3) is 5.49. The number of ether oxygens (including phenoxy) is 2. The predicted molar refractivity (Wildman–Crippen MR) is 99.3 cm³/mol.